The van der Waals surface area contributed by atoms with Crippen LogP contribution in [0.3, 0.4) is 0 Å². The van der Waals surface area contributed by atoms with E-state index in [1.807, 2.05) is 6.92 Å². The summed E-state index contributed by atoms with van der Waals surface area (Å²) in [6.45, 7) is 2.69. The van der Waals surface area contributed by atoms with Crippen molar-refractivity contribution in [2.45, 2.75) is 17.9 Å². The predicted octanol–water partition coefficient (Wildman–Crippen LogP) is 1.43. The van der Waals surface area contributed by atoms with Gasteiger partial charge in [-0.2, -0.15) is 0 Å². The van der Waals surface area contributed by atoms with Gasteiger partial charge in [-0.3, -0.25) is 0 Å². The van der Waals surface area contributed by atoms with E-state index in [2.05, 4.69) is 15.9 Å². The monoisotopic (exact) mass is 196 g/mol. The van der Waals surface area contributed by atoms with Gasteiger partial charge in [-0.15, -0.1) is 0 Å². The van der Waals surface area contributed by atoms with E-state index in [1.165, 1.54) is 0 Å². The number of rotatable bonds is 4. The van der Waals surface area contributed by atoms with E-state index >= 15 is 0 Å². The molecule has 0 aliphatic carbocycles. The van der Waals surface area contributed by atoms with Gasteiger partial charge < -0.3 is 9.47 Å². The van der Waals surface area contributed by atoms with E-state index in [9.17, 15) is 0 Å². The summed E-state index contributed by atoms with van der Waals surface area (Å²) in [6.07, 6.45) is 0.213. The lowest BCUT2D eigenvalue weighted by atomic mass is 10.3. The van der Waals surface area contributed by atoms with Gasteiger partial charge in [-0.25, -0.2) is 0 Å². The second-order valence-corrected chi connectivity index (χ2v) is 3.09. The number of alkyl halides is 1. The highest BCUT2D eigenvalue weighted by molar-refractivity contribution is 9.09. The van der Waals surface area contributed by atoms with Crippen molar-refractivity contribution in [3.63, 3.8) is 0 Å². The van der Waals surface area contributed by atoms with Crippen molar-refractivity contribution in [3.8, 4) is 0 Å². The molecule has 0 bridgehead atoms. The van der Waals surface area contributed by atoms with Crippen LogP contribution in [0.4, 0.5) is 0 Å². The molecule has 0 aromatic rings. The molecule has 0 heterocycles. The van der Waals surface area contributed by atoms with Gasteiger partial charge in [0, 0.05) is 14.2 Å². The molecule has 9 heavy (non-hydrogen) atoms. The van der Waals surface area contributed by atoms with Crippen molar-refractivity contribution in [3.05, 3.63) is 0 Å². The zero-order valence-corrected chi connectivity index (χ0v) is 7.64. The summed E-state index contributed by atoms with van der Waals surface area (Å²) in [4.78, 5) is 0.299. The Morgan fingerprint density at radius 1 is 1.44 bits per heavy atom. The van der Waals surface area contributed by atoms with Gasteiger partial charge in [0.05, 0.1) is 17.5 Å². The molecule has 0 fully saturated rings. The Morgan fingerprint density at radius 3 is 2.33 bits per heavy atom. The van der Waals surface area contributed by atoms with E-state index in [4.69, 9.17) is 9.47 Å². The Balaban J connectivity index is 3.32. The maximum atomic E-state index is 5.04. The van der Waals surface area contributed by atoms with Gasteiger partial charge in [0.2, 0.25) is 0 Å². The van der Waals surface area contributed by atoms with Gasteiger partial charge >= 0.3 is 0 Å². The summed E-state index contributed by atoms with van der Waals surface area (Å²) in [5.74, 6) is 0. The molecule has 3 heteroatoms. The molecule has 0 aliphatic rings. The van der Waals surface area contributed by atoms with Crippen LogP contribution in [0.1, 0.15) is 6.92 Å². The maximum absolute atomic E-state index is 5.04. The molecular formula is C6H13BrO2. The van der Waals surface area contributed by atoms with E-state index in [0.717, 1.165) is 0 Å². The van der Waals surface area contributed by atoms with Crippen LogP contribution < -0.4 is 0 Å². The molecule has 0 N–H and O–H groups in total. The summed E-state index contributed by atoms with van der Waals surface area (Å²) >= 11 is 3.41. The number of methoxy groups -OCH3 is 2. The third-order valence-electron chi connectivity index (χ3n) is 1.21. The minimum atomic E-state index is 0.213. The minimum absolute atomic E-state index is 0.213. The molecule has 2 unspecified atom stereocenters. The normalized spacial score (nSPS) is 17.3. The van der Waals surface area contributed by atoms with Crippen LogP contribution in [0.5, 0.6) is 0 Å². The Bertz CT molecular complexity index is 68.1. The molecule has 56 valence electrons. The lowest BCUT2D eigenvalue weighted by Gasteiger charge is -2.14. The Morgan fingerprint density at radius 2 is 2.00 bits per heavy atom. The highest BCUT2D eigenvalue weighted by Gasteiger charge is 2.11. The Hall–Kier alpha value is 0.400. The average molecular weight is 197 g/mol. The summed E-state index contributed by atoms with van der Waals surface area (Å²) < 4.78 is 9.94. The largest absolute Gasteiger partial charge is 0.383 e. The van der Waals surface area contributed by atoms with Gasteiger partial charge in [0.1, 0.15) is 0 Å². The van der Waals surface area contributed by atoms with Crippen molar-refractivity contribution in [1.82, 2.24) is 0 Å². The Kier molecular flexibility index (Phi) is 5.44. The maximum Gasteiger partial charge on any atom is 0.0690 e. The number of hydrogen-bond donors (Lipinski definition) is 0. The van der Waals surface area contributed by atoms with Crippen LogP contribution in [0, 0.1) is 0 Å². The van der Waals surface area contributed by atoms with Crippen LogP contribution in [0.2, 0.25) is 0 Å². The van der Waals surface area contributed by atoms with Crippen molar-refractivity contribution < 1.29 is 9.47 Å². The molecule has 0 spiro atoms. The van der Waals surface area contributed by atoms with Crippen LogP contribution in [-0.2, 0) is 9.47 Å². The highest BCUT2D eigenvalue weighted by atomic mass is 79.9. The number of ether oxygens (including phenoxy) is 2. The van der Waals surface area contributed by atoms with Crippen molar-refractivity contribution >= 4 is 15.9 Å². The van der Waals surface area contributed by atoms with E-state index in [0.29, 0.717) is 11.4 Å². The predicted molar refractivity (Wildman–Crippen MR) is 41.1 cm³/mol. The van der Waals surface area contributed by atoms with Gasteiger partial charge in [-0.1, -0.05) is 15.9 Å². The zero-order chi connectivity index (χ0) is 7.28. The van der Waals surface area contributed by atoms with Crippen molar-refractivity contribution in [2.75, 3.05) is 20.8 Å². The van der Waals surface area contributed by atoms with E-state index < -0.39 is 0 Å². The fourth-order valence-electron chi connectivity index (χ4n) is 0.442. The van der Waals surface area contributed by atoms with Crippen LogP contribution in [0.15, 0.2) is 0 Å². The first-order valence-electron chi connectivity index (χ1n) is 2.88. The standard InChI is InChI=1S/C6H13BrO2/c1-5(9-3)6(7)4-8-2/h5-6H,4H2,1-3H3. The summed E-state index contributed by atoms with van der Waals surface area (Å²) in [5, 5.41) is 0. The molecule has 0 amide bonds. The van der Waals surface area contributed by atoms with Crippen LogP contribution in [-0.4, -0.2) is 31.8 Å². The first kappa shape index (κ1) is 9.40. The van der Waals surface area contributed by atoms with Crippen LogP contribution in [0.25, 0.3) is 0 Å². The molecule has 0 saturated heterocycles. The van der Waals surface area contributed by atoms with Crippen molar-refractivity contribution in [2.24, 2.45) is 0 Å². The molecule has 0 saturated carbocycles. The molecular weight excluding hydrogens is 184 g/mol. The SMILES string of the molecule is COCC(Br)C(C)OC. The molecule has 0 aromatic heterocycles. The third-order valence-corrected chi connectivity index (χ3v) is 2.22. The average Bonchev–Trinajstić information content (AvgIpc) is 1.87. The fourth-order valence-corrected chi connectivity index (χ4v) is 0.923. The topological polar surface area (TPSA) is 18.5 Å². The lowest BCUT2D eigenvalue weighted by molar-refractivity contribution is 0.0870. The van der Waals surface area contributed by atoms with Gasteiger partial charge in [-0.05, 0) is 6.92 Å². The zero-order valence-electron chi connectivity index (χ0n) is 6.06. The smallest absolute Gasteiger partial charge is 0.0690 e. The quantitative estimate of drug-likeness (QED) is 0.634. The molecule has 0 aromatic carbocycles. The van der Waals surface area contributed by atoms with Crippen molar-refractivity contribution in [1.29, 1.82) is 0 Å². The fraction of sp³-hybridized carbons (Fsp3) is 1.00. The van der Waals surface area contributed by atoms with E-state index in [1.54, 1.807) is 14.2 Å². The first-order valence-corrected chi connectivity index (χ1v) is 3.79. The summed E-state index contributed by atoms with van der Waals surface area (Å²) in [7, 11) is 3.37. The second-order valence-electron chi connectivity index (χ2n) is 1.91. The number of hydrogen-bond acceptors (Lipinski definition) is 2. The molecule has 2 atom stereocenters. The second kappa shape index (κ2) is 5.21. The molecule has 0 radical (unpaired) electrons. The molecule has 0 aliphatic heterocycles. The molecule has 0 rings (SSSR count). The number of halogens is 1. The Labute approximate surface area is 64.7 Å². The van der Waals surface area contributed by atoms with E-state index in [-0.39, 0.29) is 6.10 Å². The highest BCUT2D eigenvalue weighted by Crippen LogP contribution is 2.07. The van der Waals surface area contributed by atoms with Gasteiger partial charge in [0.25, 0.3) is 0 Å². The van der Waals surface area contributed by atoms with Gasteiger partial charge in [0.15, 0.2) is 0 Å². The van der Waals surface area contributed by atoms with Crippen LogP contribution >= 0.6 is 15.9 Å². The minimum Gasteiger partial charge on any atom is -0.383 e. The summed E-state index contributed by atoms with van der Waals surface area (Å²) in [5.41, 5.74) is 0. The summed E-state index contributed by atoms with van der Waals surface area (Å²) in [6, 6.07) is 0. The third kappa shape index (κ3) is 3.89. The molecule has 2 nitrogen and oxygen atoms in total. The first-order chi connectivity index (χ1) is 4.22. The lowest BCUT2D eigenvalue weighted by Crippen LogP contribution is -2.23.